The zero-order valence-corrected chi connectivity index (χ0v) is 6.95. The van der Waals surface area contributed by atoms with Crippen LogP contribution in [0.3, 0.4) is 0 Å². The molecule has 1 rings (SSSR count). The normalized spacial score (nSPS) is 24.8. The van der Waals surface area contributed by atoms with Gasteiger partial charge in [-0.05, 0) is 13.5 Å². The Balaban J connectivity index is 2.12. The van der Waals surface area contributed by atoms with Crippen molar-refractivity contribution in [2.75, 3.05) is 33.4 Å². The lowest BCUT2D eigenvalue weighted by atomic mass is 10.2. The molecule has 1 aliphatic rings. The monoisotopic (exact) mass is 160 g/mol. The fourth-order valence-electron chi connectivity index (χ4n) is 1.25. The van der Waals surface area contributed by atoms with Crippen LogP contribution in [0.1, 0.15) is 6.42 Å². The molecule has 0 bridgehead atoms. The molecule has 0 radical (unpaired) electrons. The van der Waals surface area contributed by atoms with Crippen molar-refractivity contribution < 1.29 is 9.57 Å². The van der Waals surface area contributed by atoms with E-state index in [0.717, 1.165) is 26.2 Å². The van der Waals surface area contributed by atoms with E-state index < -0.39 is 0 Å². The summed E-state index contributed by atoms with van der Waals surface area (Å²) < 4.78 is 5.24. The zero-order chi connectivity index (χ0) is 8.10. The van der Waals surface area contributed by atoms with Crippen molar-refractivity contribution >= 4 is 0 Å². The predicted molar refractivity (Wildman–Crippen MR) is 42.0 cm³/mol. The van der Waals surface area contributed by atoms with E-state index in [9.17, 15) is 0 Å². The van der Waals surface area contributed by atoms with E-state index in [1.807, 2.05) is 0 Å². The lowest BCUT2D eigenvalue weighted by Gasteiger charge is -2.21. The zero-order valence-electron chi connectivity index (χ0n) is 6.95. The summed E-state index contributed by atoms with van der Waals surface area (Å²) in [4.78, 5) is 6.71. The van der Waals surface area contributed by atoms with Crippen LogP contribution in [0.15, 0.2) is 0 Å². The Hall–Kier alpha value is -0.160. The smallest absolute Gasteiger partial charge is 0.0806 e. The molecule has 11 heavy (non-hydrogen) atoms. The third-order valence-electron chi connectivity index (χ3n) is 2.09. The summed E-state index contributed by atoms with van der Waals surface area (Å²) in [6, 6.07) is 0.560. The summed E-state index contributed by atoms with van der Waals surface area (Å²) in [5.74, 6) is 4.92. The van der Waals surface area contributed by atoms with Crippen molar-refractivity contribution in [3.63, 3.8) is 0 Å². The van der Waals surface area contributed by atoms with Crippen molar-refractivity contribution in [3.8, 4) is 0 Å². The van der Waals surface area contributed by atoms with E-state index >= 15 is 0 Å². The number of nitrogens with zero attached hydrogens (tertiary/aromatic N) is 1. The second kappa shape index (κ2) is 4.66. The van der Waals surface area contributed by atoms with E-state index in [1.165, 1.54) is 0 Å². The topological polar surface area (TPSA) is 47.7 Å². The van der Waals surface area contributed by atoms with Gasteiger partial charge in [0.05, 0.1) is 13.2 Å². The molecule has 0 aromatic rings. The number of hydrogen-bond donors (Lipinski definition) is 1. The molecule has 4 nitrogen and oxygen atoms in total. The first-order chi connectivity index (χ1) is 5.34. The average molecular weight is 160 g/mol. The molecule has 1 aliphatic heterocycles. The summed E-state index contributed by atoms with van der Waals surface area (Å²) in [6.07, 6.45) is 1.13. The Morgan fingerprint density at radius 3 is 3.09 bits per heavy atom. The van der Waals surface area contributed by atoms with Crippen molar-refractivity contribution in [2.45, 2.75) is 12.5 Å². The Bertz CT molecular complexity index is 105. The highest BCUT2D eigenvalue weighted by atomic mass is 16.6. The van der Waals surface area contributed by atoms with Crippen LogP contribution in [0.2, 0.25) is 0 Å². The van der Waals surface area contributed by atoms with Gasteiger partial charge < -0.3 is 9.57 Å². The van der Waals surface area contributed by atoms with Gasteiger partial charge in [-0.1, -0.05) is 0 Å². The third-order valence-corrected chi connectivity index (χ3v) is 2.09. The van der Waals surface area contributed by atoms with Gasteiger partial charge in [-0.2, -0.15) is 0 Å². The molecular formula is C7H16N2O2. The summed E-state index contributed by atoms with van der Waals surface area (Å²) in [6.45, 7) is 3.21. The van der Waals surface area contributed by atoms with Crippen molar-refractivity contribution in [1.82, 2.24) is 4.90 Å². The molecular weight excluding hydrogens is 144 g/mol. The van der Waals surface area contributed by atoms with Crippen LogP contribution in [0, 0.1) is 0 Å². The molecule has 1 saturated heterocycles. The maximum atomic E-state index is 5.24. The van der Waals surface area contributed by atoms with Crippen molar-refractivity contribution in [3.05, 3.63) is 0 Å². The Labute approximate surface area is 67.2 Å². The van der Waals surface area contributed by atoms with Crippen LogP contribution >= 0.6 is 0 Å². The van der Waals surface area contributed by atoms with Crippen LogP contribution in [0.4, 0.5) is 0 Å². The second-order valence-corrected chi connectivity index (χ2v) is 2.87. The minimum Gasteiger partial charge on any atom is -0.380 e. The Kier molecular flexibility index (Phi) is 3.79. The molecule has 0 amide bonds. The van der Waals surface area contributed by atoms with Gasteiger partial charge in [-0.15, -0.1) is 0 Å². The van der Waals surface area contributed by atoms with Crippen LogP contribution in [-0.4, -0.2) is 44.4 Å². The molecule has 1 fully saturated rings. The first kappa shape index (κ1) is 8.93. The van der Waals surface area contributed by atoms with E-state index in [2.05, 4.69) is 16.8 Å². The number of likely N-dealkylation sites (N-methyl/N-ethyl adjacent to an activating group) is 1. The van der Waals surface area contributed by atoms with Gasteiger partial charge in [0.15, 0.2) is 0 Å². The minimum atomic E-state index is 0.560. The molecule has 0 spiro atoms. The lowest BCUT2D eigenvalue weighted by molar-refractivity contribution is 0.0936. The summed E-state index contributed by atoms with van der Waals surface area (Å²) >= 11 is 0. The molecule has 1 atom stereocenters. The standard InChI is InChI=1S/C7H16N2O2/c1-9(3-5-11-8)7-2-4-10-6-7/h7H,2-6,8H2,1H3. The fourth-order valence-corrected chi connectivity index (χ4v) is 1.25. The SMILES string of the molecule is CN(CCON)C1CCOC1. The highest BCUT2D eigenvalue weighted by Crippen LogP contribution is 2.09. The van der Waals surface area contributed by atoms with Gasteiger partial charge in [0.1, 0.15) is 0 Å². The first-order valence-corrected chi connectivity index (χ1v) is 3.94. The fraction of sp³-hybridized carbons (Fsp3) is 1.00. The van der Waals surface area contributed by atoms with Crippen LogP contribution in [0.5, 0.6) is 0 Å². The molecule has 4 heteroatoms. The van der Waals surface area contributed by atoms with E-state index in [4.69, 9.17) is 10.6 Å². The van der Waals surface area contributed by atoms with E-state index in [0.29, 0.717) is 12.6 Å². The molecule has 0 saturated carbocycles. The maximum absolute atomic E-state index is 5.24. The summed E-state index contributed by atoms with van der Waals surface area (Å²) in [5.41, 5.74) is 0. The molecule has 0 aromatic carbocycles. The number of ether oxygens (including phenoxy) is 1. The van der Waals surface area contributed by atoms with Crippen molar-refractivity contribution in [2.24, 2.45) is 5.90 Å². The highest BCUT2D eigenvalue weighted by Gasteiger charge is 2.19. The van der Waals surface area contributed by atoms with Crippen LogP contribution in [-0.2, 0) is 9.57 Å². The number of nitrogens with two attached hydrogens (primary N) is 1. The molecule has 0 aliphatic carbocycles. The van der Waals surface area contributed by atoms with Crippen LogP contribution < -0.4 is 5.90 Å². The lowest BCUT2D eigenvalue weighted by Crippen LogP contribution is -2.35. The van der Waals surface area contributed by atoms with Gasteiger partial charge in [-0.3, -0.25) is 4.90 Å². The summed E-state index contributed by atoms with van der Waals surface area (Å²) in [5, 5.41) is 0. The second-order valence-electron chi connectivity index (χ2n) is 2.87. The Morgan fingerprint density at radius 2 is 2.55 bits per heavy atom. The summed E-state index contributed by atoms with van der Waals surface area (Å²) in [7, 11) is 2.07. The average Bonchev–Trinajstić information content (AvgIpc) is 2.52. The van der Waals surface area contributed by atoms with Crippen LogP contribution in [0.25, 0.3) is 0 Å². The van der Waals surface area contributed by atoms with Gasteiger partial charge in [0.25, 0.3) is 0 Å². The Morgan fingerprint density at radius 1 is 1.73 bits per heavy atom. The number of rotatable bonds is 4. The quantitative estimate of drug-likeness (QED) is 0.568. The van der Waals surface area contributed by atoms with Gasteiger partial charge in [0.2, 0.25) is 0 Å². The minimum absolute atomic E-state index is 0.560. The molecule has 0 aromatic heterocycles. The molecule has 2 N–H and O–H groups in total. The number of hydrogen-bond acceptors (Lipinski definition) is 4. The van der Waals surface area contributed by atoms with Gasteiger partial charge in [0, 0.05) is 19.2 Å². The molecule has 66 valence electrons. The largest absolute Gasteiger partial charge is 0.380 e. The van der Waals surface area contributed by atoms with Crippen molar-refractivity contribution in [1.29, 1.82) is 0 Å². The maximum Gasteiger partial charge on any atom is 0.0806 e. The van der Waals surface area contributed by atoms with Gasteiger partial charge >= 0.3 is 0 Å². The first-order valence-electron chi connectivity index (χ1n) is 3.94. The van der Waals surface area contributed by atoms with E-state index in [1.54, 1.807) is 0 Å². The van der Waals surface area contributed by atoms with E-state index in [-0.39, 0.29) is 0 Å². The molecule has 1 unspecified atom stereocenters. The third kappa shape index (κ3) is 2.75. The van der Waals surface area contributed by atoms with Gasteiger partial charge in [-0.25, -0.2) is 5.90 Å². The highest BCUT2D eigenvalue weighted by molar-refractivity contribution is 4.72. The molecule has 1 heterocycles. The predicted octanol–water partition coefficient (Wildman–Crippen LogP) is -0.403.